The first-order chi connectivity index (χ1) is 5.34. The van der Waals surface area contributed by atoms with Crippen LogP contribution in [0.15, 0.2) is 36.5 Å². The van der Waals surface area contributed by atoms with Crippen molar-refractivity contribution in [1.29, 1.82) is 0 Å². The van der Waals surface area contributed by atoms with E-state index in [1.54, 1.807) is 0 Å². The Hall–Kier alpha value is -0.780. The highest BCUT2D eigenvalue weighted by molar-refractivity contribution is 5.14. The Labute approximate surface area is 69.3 Å². The molecule has 0 aromatic carbocycles. The molecule has 0 spiro atoms. The molecule has 0 aromatic rings. The van der Waals surface area contributed by atoms with Crippen LogP contribution in [0.5, 0.6) is 0 Å². The van der Waals surface area contributed by atoms with Crippen molar-refractivity contribution in [2.24, 2.45) is 11.8 Å². The summed E-state index contributed by atoms with van der Waals surface area (Å²) < 4.78 is 0. The van der Waals surface area contributed by atoms with E-state index in [0.29, 0.717) is 5.92 Å². The van der Waals surface area contributed by atoms with Crippen molar-refractivity contribution >= 4 is 0 Å². The highest BCUT2D eigenvalue weighted by atomic mass is 14.2. The second-order valence-electron chi connectivity index (χ2n) is 3.10. The predicted molar refractivity (Wildman–Crippen MR) is 50.4 cm³/mol. The lowest BCUT2D eigenvalue weighted by atomic mass is 9.87. The van der Waals surface area contributed by atoms with E-state index in [4.69, 9.17) is 0 Å². The van der Waals surface area contributed by atoms with Crippen LogP contribution in [-0.2, 0) is 0 Å². The van der Waals surface area contributed by atoms with Crippen LogP contribution < -0.4 is 0 Å². The lowest BCUT2D eigenvalue weighted by molar-refractivity contribution is 0.512. The van der Waals surface area contributed by atoms with Crippen LogP contribution in [0.1, 0.15) is 20.3 Å². The second kappa shape index (κ2) is 4.17. The van der Waals surface area contributed by atoms with Gasteiger partial charge in [-0.2, -0.15) is 0 Å². The highest BCUT2D eigenvalue weighted by Gasteiger charge is 2.11. The fourth-order valence-electron chi connectivity index (χ4n) is 1.35. The molecule has 1 rings (SSSR count). The topological polar surface area (TPSA) is 0 Å². The first kappa shape index (κ1) is 8.32. The van der Waals surface area contributed by atoms with Crippen LogP contribution in [0, 0.1) is 11.8 Å². The first-order valence-electron chi connectivity index (χ1n) is 4.30. The zero-order valence-electron chi connectivity index (χ0n) is 7.33. The van der Waals surface area contributed by atoms with Crippen molar-refractivity contribution in [2.75, 3.05) is 0 Å². The summed E-state index contributed by atoms with van der Waals surface area (Å²) in [6.45, 7) is 4.35. The van der Waals surface area contributed by atoms with E-state index >= 15 is 0 Å². The van der Waals surface area contributed by atoms with Crippen molar-refractivity contribution in [2.45, 2.75) is 20.3 Å². The number of allylic oxidation sites excluding steroid dienone is 6. The van der Waals surface area contributed by atoms with E-state index in [1.165, 1.54) is 6.42 Å². The lowest BCUT2D eigenvalue weighted by Gasteiger charge is -2.18. The molecule has 1 aliphatic carbocycles. The minimum atomic E-state index is 0.705. The minimum Gasteiger partial charge on any atom is -0.0916 e. The van der Waals surface area contributed by atoms with Crippen molar-refractivity contribution in [3.8, 4) is 0 Å². The Bertz CT molecular complexity index is 184. The van der Waals surface area contributed by atoms with E-state index in [9.17, 15) is 0 Å². The monoisotopic (exact) mass is 148 g/mol. The maximum absolute atomic E-state index is 2.30. The van der Waals surface area contributed by atoms with Gasteiger partial charge < -0.3 is 0 Å². The Morgan fingerprint density at radius 3 is 2.64 bits per heavy atom. The van der Waals surface area contributed by atoms with Gasteiger partial charge in [0.15, 0.2) is 0 Å². The summed E-state index contributed by atoms with van der Waals surface area (Å²) >= 11 is 0. The lowest BCUT2D eigenvalue weighted by Crippen LogP contribution is -2.07. The Kier molecular flexibility index (Phi) is 3.15. The van der Waals surface area contributed by atoms with Crippen molar-refractivity contribution < 1.29 is 0 Å². The molecule has 0 aromatic heterocycles. The SMILES string of the molecule is C/C=C\CC1C=CC=CC1C. The highest BCUT2D eigenvalue weighted by Crippen LogP contribution is 2.22. The van der Waals surface area contributed by atoms with Gasteiger partial charge in [0.1, 0.15) is 0 Å². The van der Waals surface area contributed by atoms with Gasteiger partial charge >= 0.3 is 0 Å². The molecule has 2 atom stereocenters. The van der Waals surface area contributed by atoms with E-state index < -0.39 is 0 Å². The number of rotatable bonds is 2. The Balaban J connectivity index is 2.45. The van der Waals surface area contributed by atoms with Gasteiger partial charge in [0.25, 0.3) is 0 Å². The van der Waals surface area contributed by atoms with Crippen LogP contribution in [0.4, 0.5) is 0 Å². The Morgan fingerprint density at radius 1 is 1.27 bits per heavy atom. The van der Waals surface area contributed by atoms with Gasteiger partial charge in [-0.15, -0.1) is 0 Å². The molecular weight excluding hydrogens is 132 g/mol. The van der Waals surface area contributed by atoms with E-state index in [1.807, 2.05) is 0 Å². The summed E-state index contributed by atoms with van der Waals surface area (Å²) in [6.07, 6.45) is 14.4. The van der Waals surface area contributed by atoms with Gasteiger partial charge in [0.2, 0.25) is 0 Å². The predicted octanol–water partition coefficient (Wildman–Crippen LogP) is 3.33. The molecule has 0 heteroatoms. The van der Waals surface area contributed by atoms with Crippen molar-refractivity contribution in [3.63, 3.8) is 0 Å². The summed E-state index contributed by atoms with van der Waals surface area (Å²) in [5.74, 6) is 1.42. The normalized spacial score (nSPS) is 30.0. The maximum Gasteiger partial charge on any atom is -0.0135 e. The van der Waals surface area contributed by atoms with Crippen molar-refractivity contribution in [1.82, 2.24) is 0 Å². The molecule has 2 unspecified atom stereocenters. The second-order valence-corrected chi connectivity index (χ2v) is 3.10. The summed E-state index contributed by atoms with van der Waals surface area (Å²) in [6, 6.07) is 0. The molecular formula is C11H16. The molecule has 0 fully saturated rings. The third-order valence-electron chi connectivity index (χ3n) is 2.20. The summed E-state index contributed by atoms with van der Waals surface area (Å²) in [5, 5.41) is 0. The van der Waals surface area contributed by atoms with Gasteiger partial charge in [0, 0.05) is 0 Å². The van der Waals surface area contributed by atoms with Crippen LogP contribution in [0.3, 0.4) is 0 Å². The summed E-state index contributed by atoms with van der Waals surface area (Å²) in [5.41, 5.74) is 0. The largest absolute Gasteiger partial charge is 0.0916 e. The van der Waals surface area contributed by atoms with Crippen LogP contribution in [0.2, 0.25) is 0 Å². The first-order valence-corrected chi connectivity index (χ1v) is 4.30. The summed E-state index contributed by atoms with van der Waals surface area (Å²) in [4.78, 5) is 0. The molecule has 0 bridgehead atoms. The maximum atomic E-state index is 2.30. The van der Waals surface area contributed by atoms with Gasteiger partial charge in [-0.25, -0.2) is 0 Å². The molecule has 0 aliphatic heterocycles. The minimum absolute atomic E-state index is 0.705. The average Bonchev–Trinajstić information content (AvgIpc) is 2.03. The quantitative estimate of drug-likeness (QED) is 0.527. The molecule has 60 valence electrons. The van der Waals surface area contributed by atoms with Crippen LogP contribution >= 0.6 is 0 Å². The van der Waals surface area contributed by atoms with Gasteiger partial charge in [-0.1, -0.05) is 43.4 Å². The molecule has 0 radical (unpaired) electrons. The molecule has 0 N–H and O–H groups in total. The van der Waals surface area contributed by atoms with E-state index in [0.717, 1.165) is 5.92 Å². The van der Waals surface area contributed by atoms with Gasteiger partial charge in [-0.3, -0.25) is 0 Å². The molecule has 0 saturated heterocycles. The average molecular weight is 148 g/mol. The standard InChI is InChI=1S/C11H16/c1-3-4-8-11-9-6-5-7-10(11)2/h3-7,9-11H,8H2,1-2H3/b4-3-. The zero-order valence-corrected chi connectivity index (χ0v) is 7.33. The third kappa shape index (κ3) is 2.38. The number of hydrogen-bond acceptors (Lipinski definition) is 0. The van der Waals surface area contributed by atoms with Crippen LogP contribution in [-0.4, -0.2) is 0 Å². The van der Waals surface area contributed by atoms with E-state index in [-0.39, 0.29) is 0 Å². The molecule has 0 nitrogen and oxygen atoms in total. The van der Waals surface area contributed by atoms with Crippen LogP contribution in [0.25, 0.3) is 0 Å². The Morgan fingerprint density at radius 2 is 2.00 bits per heavy atom. The third-order valence-corrected chi connectivity index (χ3v) is 2.20. The molecule has 11 heavy (non-hydrogen) atoms. The van der Waals surface area contributed by atoms with Crippen molar-refractivity contribution in [3.05, 3.63) is 36.5 Å². The van der Waals surface area contributed by atoms with E-state index in [2.05, 4.69) is 50.3 Å². The molecule has 1 aliphatic rings. The molecule has 0 heterocycles. The molecule has 0 amide bonds. The van der Waals surface area contributed by atoms with Gasteiger partial charge in [0.05, 0.1) is 0 Å². The number of hydrogen-bond donors (Lipinski definition) is 0. The summed E-state index contributed by atoms with van der Waals surface area (Å²) in [7, 11) is 0. The van der Waals surface area contributed by atoms with Gasteiger partial charge in [-0.05, 0) is 25.2 Å². The smallest absolute Gasteiger partial charge is 0.0135 e. The zero-order chi connectivity index (χ0) is 8.10. The fraction of sp³-hybridized carbons (Fsp3) is 0.455. The molecule has 0 saturated carbocycles. The fourth-order valence-corrected chi connectivity index (χ4v) is 1.35.